The molecule has 0 aliphatic heterocycles. The summed E-state index contributed by atoms with van der Waals surface area (Å²) in [6.07, 6.45) is 1.38. The summed E-state index contributed by atoms with van der Waals surface area (Å²) in [7, 11) is 1.73. The van der Waals surface area contributed by atoms with Crippen molar-refractivity contribution in [1.82, 2.24) is 20.4 Å². The molecule has 8 nitrogen and oxygen atoms in total. The first-order chi connectivity index (χ1) is 16.0. The summed E-state index contributed by atoms with van der Waals surface area (Å²) in [5, 5.41) is 20.7. The van der Waals surface area contributed by atoms with Gasteiger partial charge in [0.2, 0.25) is 0 Å². The molecule has 0 saturated carbocycles. The molecule has 1 unspecified atom stereocenters. The van der Waals surface area contributed by atoms with Gasteiger partial charge in [-0.2, -0.15) is 10.4 Å². The number of nitrogen functional groups attached to an aromatic ring is 1. The smallest absolute Gasteiger partial charge is 0.191 e. The Hall–Kier alpha value is -3.26. The molecule has 9 heteroatoms. The number of anilines is 1. The lowest BCUT2D eigenvalue weighted by Gasteiger charge is -2.18. The van der Waals surface area contributed by atoms with Crippen LogP contribution in [0, 0.1) is 18.3 Å². The van der Waals surface area contributed by atoms with E-state index in [9.17, 15) is 5.26 Å². The van der Waals surface area contributed by atoms with Crippen molar-refractivity contribution in [3.8, 4) is 17.5 Å². The maximum absolute atomic E-state index is 9.55. The van der Waals surface area contributed by atoms with E-state index in [1.807, 2.05) is 68.4 Å². The number of aromatic nitrogens is 2. The molecule has 1 heterocycles. The Morgan fingerprint density at radius 2 is 1.97 bits per heavy atom. The third-order valence-corrected chi connectivity index (χ3v) is 5.10. The molecule has 1 aromatic heterocycles. The quantitative estimate of drug-likeness (QED) is 0.155. The number of ether oxygens (including phenoxy) is 1. The first-order valence-electron chi connectivity index (χ1n) is 11.0. The number of nitrogens with zero attached hydrogens (tertiary/aromatic N) is 4. The van der Waals surface area contributed by atoms with Crippen molar-refractivity contribution in [2.24, 2.45) is 4.99 Å². The van der Waals surface area contributed by atoms with Gasteiger partial charge in [0, 0.05) is 13.6 Å². The molecule has 0 radical (unpaired) electrons. The molecule has 0 amide bonds. The van der Waals surface area contributed by atoms with Gasteiger partial charge in [-0.1, -0.05) is 30.3 Å². The molecule has 0 bridgehead atoms. The van der Waals surface area contributed by atoms with E-state index in [0.717, 1.165) is 17.9 Å². The van der Waals surface area contributed by atoms with Crippen molar-refractivity contribution < 1.29 is 4.74 Å². The zero-order valence-corrected chi connectivity index (χ0v) is 22.1. The molecule has 2 aromatic carbocycles. The van der Waals surface area contributed by atoms with E-state index in [1.165, 1.54) is 5.56 Å². The van der Waals surface area contributed by atoms with Gasteiger partial charge < -0.3 is 21.1 Å². The minimum Gasteiger partial charge on any atom is -0.489 e. The van der Waals surface area contributed by atoms with Crippen LogP contribution < -0.4 is 21.1 Å². The number of halogens is 1. The molecule has 1 atom stereocenters. The van der Waals surface area contributed by atoms with Crippen LogP contribution >= 0.6 is 24.0 Å². The summed E-state index contributed by atoms with van der Waals surface area (Å²) < 4.78 is 7.57. The van der Waals surface area contributed by atoms with Gasteiger partial charge in [0.1, 0.15) is 29.3 Å². The average Bonchev–Trinajstić information content (AvgIpc) is 3.14. The fraction of sp³-hybridized carbons (Fsp3) is 0.320. The number of rotatable bonds is 9. The van der Waals surface area contributed by atoms with E-state index in [4.69, 9.17) is 10.5 Å². The van der Waals surface area contributed by atoms with Crippen LogP contribution in [0.15, 0.2) is 59.6 Å². The van der Waals surface area contributed by atoms with Crippen LogP contribution in [0.1, 0.15) is 30.2 Å². The number of nitrogens with two attached hydrogens (primary N) is 1. The third-order valence-electron chi connectivity index (χ3n) is 5.10. The van der Waals surface area contributed by atoms with Crippen LogP contribution in [0.25, 0.3) is 5.69 Å². The first kappa shape index (κ1) is 27.0. The van der Waals surface area contributed by atoms with Gasteiger partial charge in [-0.3, -0.25) is 4.99 Å². The average molecular weight is 573 g/mol. The number of para-hydroxylation sites is 1. The Balaban J connectivity index is 0.00000408. The van der Waals surface area contributed by atoms with E-state index in [2.05, 4.69) is 26.8 Å². The molecule has 4 N–H and O–H groups in total. The highest BCUT2D eigenvalue weighted by Crippen LogP contribution is 2.21. The lowest BCUT2D eigenvalue weighted by molar-refractivity contribution is 0.223. The number of hydrogen-bond acceptors (Lipinski definition) is 5. The maximum atomic E-state index is 9.55. The Morgan fingerprint density at radius 3 is 2.65 bits per heavy atom. The third kappa shape index (κ3) is 7.38. The van der Waals surface area contributed by atoms with Crippen LogP contribution in [0.4, 0.5) is 5.82 Å². The lowest BCUT2D eigenvalue weighted by atomic mass is 10.1. The van der Waals surface area contributed by atoms with Gasteiger partial charge in [-0.15, -0.1) is 24.0 Å². The lowest BCUT2D eigenvalue weighted by Crippen LogP contribution is -2.42. The largest absolute Gasteiger partial charge is 0.489 e. The van der Waals surface area contributed by atoms with E-state index >= 15 is 0 Å². The molecular formula is C25H32IN7O. The topological polar surface area (TPSA) is 113 Å². The molecule has 0 fully saturated rings. The van der Waals surface area contributed by atoms with Crippen molar-refractivity contribution >= 4 is 35.8 Å². The van der Waals surface area contributed by atoms with Crippen molar-refractivity contribution in [1.29, 1.82) is 5.26 Å². The number of aliphatic imine (C=N–C) groups is 1. The maximum Gasteiger partial charge on any atom is 0.191 e. The zero-order chi connectivity index (χ0) is 23.6. The van der Waals surface area contributed by atoms with E-state index in [-0.39, 0.29) is 30.1 Å². The molecule has 3 aromatic rings. The molecule has 0 aliphatic carbocycles. The molecule has 180 valence electrons. The van der Waals surface area contributed by atoms with E-state index < -0.39 is 0 Å². The predicted molar refractivity (Wildman–Crippen MR) is 147 cm³/mol. The molecule has 0 spiro atoms. The van der Waals surface area contributed by atoms with E-state index in [0.29, 0.717) is 42.5 Å². The van der Waals surface area contributed by atoms with Crippen molar-refractivity contribution in [3.63, 3.8) is 0 Å². The van der Waals surface area contributed by atoms with Crippen LogP contribution in [0.3, 0.4) is 0 Å². The summed E-state index contributed by atoms with van der Waals surface area (Å²) >= 11 is 0. The standard InChI is InChI=1S/C25H31N7O.HI/c1-18-9-7-12-21(15-18)33-19(2)17-30-25(28-3)29-14-8-13-23-22(16-26)24(27)32(31-23)20-10-5-4-6-11-20;/h4-7,9-12,15,19H,8,13-14,17,27H2,1-3H3,(H2,28,29,30);1H. The van der Waals surface area contributed by atoms with Crippen molar-refractivity contribution in [3.05, 3.63) is 71.4 Å². The number of nitrogens with one attached hydrogen (secondary N) is 2. The number of nitriles is 1. The fourth-order valence-corrected chi connectivity index (χ4v) is 3.43. The molecule has 0 aliphatic rings. The molecular weight excluding hydrogens is 541 g/mol. The van der Waals surface area contributed by atoms with Gasteiger partial charge in [0.05, 0.1) is 17.9 Å². The first-order valence-corrected chi connectivity index (χ1v) is 11.0. The highest BCUT2D eigenvalue weighted by atomic mass is 127. The number of aryl methyl sites for hydroxylation is 2. The van der Waals surface area contributed by atoms with Crippen LogP contribution in [-0.4, -0.2) is 42.0 Å². The number of guanidine groups is 1. The SMILES string of the molecule is CN=C(NCCCc1nn(-c2ccccc2)c(N)c1C#N)NCC(C)Oc1cccc(C)c1.I. The second-order valence-electron chi connectivity index (χ2n) is 7.79. The highest BCUT2D eigenvalue weighted by Gasteiger charge is 2.16. The monoisotopic (exact) mass is 573 g/mol. The van der Waals surface area contributed by atoms with Gasteiger partial charge in [0.25, 0.3) is 0 Å². The zero-order valence-electron chi connectivity index (χ0n) is 19.8. The molecule has 3 rings (SSSR count). The second kappa shape index (κ2) is 13.4. The van der Waals surface area contributed by atoms with Gasteiger partial charge in [-0.05, 0) is 56.5 Å². The number of hydrogen-bond donors (Lipinski definition) is 3. The summed E-state index contributed by atoms with van der Waals surface area (Å²) in [5.74, 6) is 1.92. The van der Waals surface area contributed by atoms with Crippen LogP contribution in [-0.2, 0) is 6.42 Å². The highest BCUT2D eigenvalue weighted by molar-refractivity contribution is 14.0. The summed E-state index contributed by atoms with van der Waals surface area (Å²) in [6, 6.07) is 19.8. The summed E-state index contributed by atoms with van der Waals surface area (Å²) in [4.78, 5) is 4.26. The second-order valence-corrected chi connectivity index (χ2v) is 7.79. The van der Waals surface area contributed by atoms with Gasteiger partial charge >= 0.3 is 0 Å². The number of benzene rings is 2. The molecule has 0 saturated heterocycles. The Labute approximate surface area is 218 Å². The fourth-order valence-electron chi connectivity index (χ4n) is 3.43. The Morgan fingerprint density at radius 1 is 1.21 bits per heavy atom. The normalized spacial score (nSPS) is 11.8. The molecule has 34 heavy (non-hydrogen) atoms. The van der Waals surface area contributed by atoms with Crippen LogP contribution in [0.2, 0.25) is 0 Å². The van der Waals surface area contributed by atoms with Gasteiger partial charge in [0.15, 0.2) is 5.96 Å². The summed E-state index contributed by atoms with van der Waals surface area (Å²) in [5.41, 5.74) is 9.31. The van der Waals surface area contributed by atoms with Crippen molar-refractivity contribution in [2.45, 2.75) is 32.8 Å². The minimum absolute atomic E-state index is 0. The van der Waals surface area contributed by atoms with Crippen molar-refractivity contribution in [2.75, 3.05) is 25.9 Å². The predicted octanol–water partition coefficient (Wildman–Crippen LogP) is 3.82. The van der Waals surface area contributed by atoms with Crippen LogP contribution in [0.5, 0.6) is 5.75 Å². The Bertz CT molecular complexity index is 1120. The minimum atomic E-state index is -0.0199. The summed E-state index contributed by atoms with van der Waals surface area (Å²) in [6.45, 7) is 5.35. The van der Waals surface area contributed by atoms with Gasteiger partial charge in [-0.25, -0.2) is 4.68 Å². The van der Waals surface area contributed by atoms with E-state index in [1.54, 1.807) is 11.7 Å². The Kier molecular flexibility index (Phi) is 10.7.